The molecular formula is C15H19N3O2S. The zero-order chi connectivity index (χ0) is 15.6. The number of pyridine rings is 1. The minimum Gasteiger partial charge on any atom is -0.398 e. The summed E-state index contributed by atoms with van der Waals surface area (Å²) < 4.78 is 27.6. The molecule has 0 radical (unpaired) electrons. The van der Waals surface area contributed by atoms with Crippen LogP contribution in [-0.2, 0) is 16.6 Å². The van der Waals surface area contributed by atoms with Gasteiger partial charge in [-0.3, -0.25) is 4.98 Å². The molecule has 3 N–H and O–H groups in total. The second-order valence-electron chi connectivity index (χ2n) is 5.06. The van der Waals surface area contributed by atoms with Crippen LogP contribution in [-0.4, -0.2) is 13.4 Å². The van der Waals surface area contributed by atoms with E-state index >= 15 is 0 Å². The van der Waals surface area contributed by atoms with E-state index in [1.54, 1.807) is 32.2 Å². The van der Waals surface area contributed by atoms with E-state index in [2.05, 4.69) is 9.71 Å². The molecule has 2 aromatic rings. The number of anilines is 1. The molecule has 0 aliphatic heterocycles. The van der Waals surface area contributed by atoms with Gasteiger partial charge in [-0.05, 0) is 49.6 Å². The Kier molecular flexibility index (Phi) is 4.29. The number of hydrogen-bond acceptors (Lipinski definition) is 4. The highest BCUT2D eigenvalue weighted by Gasteiger charge is 2.20. The summed E-state index contributed by atoms with van der Waals surface area (Å²) in [5, 5.41) is 0. The van der Waals surface area contributed by atoms with Crippen molar-refractivity contribution in [2.45, 2.75) is 32.2 Å². The number of sulfonamides is 1. The quantitative estimate of drug-likeness (QED) is 0.847. The number of benzene rings is 1. The number of rotatable bonds is 4. The predicted octanol–water partition coefficient (Wildman–Crippen LogP) is 2.07. The fraction of sp³-hybridized carbons (Fsp3) is 0.267. The normalized spacial score (nSPS) is 11.6. The Morgan fingerprint density at radius 2 is 1.86 bits per heavy atom. The van der Waals surface area contributed by atoms with Crippen LogP contribution in [0.1, 0.15) is 22.4 Å². The highest BCUT2D eigenvalue weighted by Crippen LogP contribution is 2.24. The fourth-order valence-electron chi connectivity index (χ4n) is 2.11. The van der Waals surface area contributed by atoms with E-state index in [9.17, 15) is 8.42 Å². The van der Waals surface area contributed by atoms with Crippen LogP contribution in [0.25, 0.3) is 0 Å². The lowest BCUT2D eigenvalue weighted by Gasteiger charge is -2.13. The van der Waals surface area contributed by atoms with Crippen LogP contribution < -0.4 is 10.5 Å². The molecule has 2 rings (SSSR count). The number of aromatic nitrogens is 1. The Bertz CT molecular complexity index is 753. The number of hydrogen-bond donors (Lipinski definition) is 2. The molecule has 0 atom stereocenters. The molecule has 112 valence electrons. The lowest BCUT2D eigenvalue weighted by atomic mass is 10.1. The fourth-order valence-corrected chi connectivity index (χ4v) is 3.62. The van der Waals surface area contributed by atoms with Crippen LogP contribution in [0.3, 0.4) is 0 Å². The van der Waals surface area contributed by atoms with Gasteiger partial charge < -0.3 is 5.73 Å². The van der Waals surface area contributed by atoms with Gasteiger partial charge in [0.2, 0.25) is 10.0 Å². The van der Waals surface area contributed by atoms with Crippen molar-refractivity contribution in [1.29, 1.82) is 0 Å². The van der Waals surface area contributed by atoms with Gasteiger partial charge >= 0.3 is 0 Å². The Balaban J connectivity index is 2.27. The summed E-state index contributed by atoms with van der Waals surface area (Å²) in [5.74, 6) is 0. The first kappa shape index (κ1) is 15.5. The van der Waals surface area contributed by atoms with E-state index in [0.717, 1.165) is 11.3 Å². The molecule has 0 spiro atoms. The molecule has 21 heavy (non-hydrogen) atoms. The average molecular weight is 305 g/mol. The summed E-state index contributed by atoms with van der Waals surface area (Å²) in [6, 6.07) is 7.13. The van der Waals surface area contributed by atoms with Gasteiger partial charge in [-0.15, -0.1) is 0 Å². The summed E-state index contributed by atoms with van der Waals surface area (Å²) in [6.45, 7) is 5.55. The molecule has 0 bridgehead atoms. The topological polar surface area (TPSA) is 85.1 Å². The van der Waals surface area contributed by atoms with Crippen molar-refractivity contribution in [2.24, 2.45) is 0 Å². The van der Waals surface area contributed by atoms with Gasteiger partial charge in [-0.25, -0.2) is 13.1 Å². The summed E-state index contributed by atoms with van der Waals surface area (Å²) in [5.41, 5.74) is 9.23. The average Bonchev–Trinajstić information content (AvgIpc) is 2.43. The first-order valence-electron chi connectivity index (χ1n) is 6.58. The van der Waals surface area contributed by atoms with E-state index in [1.165, 1.54) is 0 Å². The Labute approximate surface area is 125 Å². The van der Waals surface area contributed by atoms with E-state index in [0.29, 0.717) is 16.8 Å². The van der Waals surface area contributed by atoms with Gasteiger partial charge in [-0.1, -0.05) is 12.1 Å². The smallest absolute Gasteiger partial charge is 0.241 e. The van der Waals surface area contributed by atoms with Crippen molar-refractivity contribution >= 4 is 15.7 Å². The summed E-state index contributed by atoms with van der Waals surface area (Å²) >= 11 is 0. The SMILES string of the molecule is Cc1ccc(CNS(=O)(=O)c2c(C)ccc(N)c2C)cn1. The maximum Gasteiger partial charge on any atom is 0.241 e. The summed E-state index contributed by atoms with van der Waals surface area (Å²) in [4.78, 5) is 4.40. The van der Waals surface area contributed by atoms with Crippen molar-refractivity contribution in [3.8, 4) is 0 Å². The molecule has 0 saturated heterocycles. The minimum absolute atomic E-state index is 0.198. The highest BCUT2D eigenvalue weighted by atomic mass is 32.2. The largest absolute Gasteiger partial charge is 0.398 e. The van der Waals surface area contributed by atoms with Crippen molar-refractivity contribution in [1.82, 2.24) is 9.71 Å². The molecule has 1 aromatic heterocycles. The summed E-state index contributed by atoms with van der Waals surface area (Å²) in [7, 11) is -3.61. The maximum atomic E-state index is 12.5. The second-order valence-corrected chi connectivity index (χ2v) is 6.76. The highest BCUT2D eigenvalue weighted by molar-refractivity contribution is 7.89. The molecule has 0 fully saturated rings. The van der Waals surface area contributed by atoms with Crippen LogP contribution in [0.2, 0.25) is 0 Å². The van der Waals surface area contributed by atoms with Crippen molar-refractivity contribution in [2.75, 3.05) is 5.73 Å². The molecule has 0 unspecified atom stereocenters. The van der Waals surface area contributed by atoms with Crippen molar-refractivity contribution in [3.05, 3.63) is 52.8 Å². The molecule has 0 aliphatic rings. The first-order valence-corrected chi connectivity index (χ1v) is 8.06. The van der Waals surface area contributed by atoms with Crippen LogP contribution in [0.4, 0.5) is 5.69 Å². The van der Waals surface area contributed by atoms with Crippen molar-refractivity contribution in [3.63, 3.8) is 0 Å². The van der Waals surface area contributed by atoms with Crippen LogP contribution in [0.15, 0.2) is 35.4 Å². The third-order valence-electron chi connectivity index (χ3n) is 3.35. The van der Waals surface area contributed by atoms with E-state index in [-0.39, 0.29) is 11.4 Å². The molecule has 1 aromatic carbocycles. The van der Waals surface area contributed by atoms with Gasteiger partial charge in [0.25, 0.3) is 0 Å². The van der Waals surface area contributed by atoms with Crippen LogP contribution in [0, 0.1) is 20.8 Å². The van der Waals surface area contributed by atoms with Crippen LogP contribution >= 0.6 is 0 Å². The molecule has 0 aliphatic carbocycles. The zero-order valence-electron chi connectivity index (χ0n) is 12.3. The first-order chi connectivity index (χ1) is 9.81. The molecule has 6 heteroatoms. The number of nitrogen functional groups attached to an aromatic ring is 1. The second kappa shape index (κ2) is 5.83. The standard InChI is InChI=1S/C15H19N3O2S/c1-10-4-7-14(16)12(3)15(10)21(19,20)18-9-13-6-5-11(2)17-8-13/h4-8,18H,9,16H2,1-3H3. The van der Waals surface area contributed by atoms with E-state index in [1.807, 2.05) is 19.1 Å². The Morgan fingerprint density at radius 3 is 2.48 bits per heavy atom. The molecule has 0 amide bonds. The Hall–Kier alpha value is -1.92. The van der Waals surface area contributed by atoms with E-state index in [4.69, 9.17) is 5.73 Å². The van der Waals surface area contributed by atoms with Gasteiger partial charge in [-0.2, -0.15) is 0 Å². The number of nitrogens with zero attached hydrogens (tertiary/aromatic N) is 1. The monoisotopic (exact) mass is 305 g/mol. The number of aryl methyl sites for hydroxylation is 2. The molecule has 1 heterocycles. The maximum absolute atomic E-state index is 12.5. The van der Waals surface area contributed by atoms with Gasteiger partial charge in [0.15, 0.2) is 0 Å². The van der Waals surface area contributed by atoms with Gasteiger partial charge in [0.1, 0.15) is 0 Å². The van der Waals surface area contributed by atoms with Gasteiger partial charge in [0, 0.05) is 24.1 Å². The van der Waals surface area contributed by atoms with Gasteiger partial charge in [0.05, 0.1) is 4.90 Å². The Morgan fingerprint density at radius 1 is 1.14 bits per heavy atom. The molecular weight excluding hydrogens is 286 g/mol. The third-order valence-corrected chi connectivity index (χ3v) is 5.04. The van der Waals surface area contributed by atoms with Crippen LogP contribution in [0.5, 0.6) is 0 Å². The summed E-state index contributed by atoms with van der Waals surface area (Å²) in [6.07, 6.45) is 1.66. The number of nitrogens with one attached hydrogen (secondary N) is 1. The minimum atomic E-state index is -3.61. The molecule has 5 nitrogen and oxygen atoms in total. The van der Waals surface area contributed by atoms with E-state index < -0.39 is 10.0 Å². The van der Waals surface area contributed by atoms with Crippen molar-refractivity contribution < 1.29 is 8.42 Å². The number of nitrogens with two attached hydrogens (primary N) is 1. The zero-order valence-corrected chi connectivity index (χ0v) is 13.2. The predicted molar refractivity (Wildman–Crippen MR) is 83.3 cm³/mol. The molecule has 0 saturated carbocycles. The lowest BCUT2D eigenvalue weighted by Crippen LogP contribution is -2.25. The third kappa shape index (κ3) is 3.40. The lowest BCUT2D eigenvalue weighted by molar-refractivity contribution is 0.580.